The molecule has 1 saturated carbocycles. The van der Waals surface area contributed by atoms with Crippen molar-refractivity contribution in [2.45, 2.75) is 76.2 Å². The summed E-state index contributed by atoms with van der Waals surface area (Å²) in [4.78, 5) is 12.9. The maximum Gasteiger partial charge on any atom is 0.378 e. The summed E-state index contributed by atoms with van der Waals surface area (Å²) in [6, 6.07) is 9.75. The van der Waals surface area contributed by atoms with E-state index in [1.807, 2.05) is 30.3 Å². The van der Waals surface area contributed by atoms with Gasteiger partial charge in [0.05, 0.1) is 19.3 Å². The molecule has 31 heavy (non-hydrogen) atoms. The Hall–Kier alpha value is -1.83. The molecule has 0 unspecified atom stereocenters. The van der Waals surface area contributed by atoms with Crippen LogP contribution >= 0.6 is 0 Å². The second-order valence-electron chi connectivity index (χ2n) is 10.3. The lowest BCUT2D eigenvalue weighted by atomic mass is 9.74. The molecule has 0 aromatic heterocycles. The second kappa shape index (κ2) is 7.94. The van der Waals surface area contributed by atoms with E-state index in [0.717, 1.165) is 12.0 Å². The zero-order chi connectivity index (χ0) is 22.4. The van der Waals surface area contributed by atoms with Crippen LogP contribution in [0.25, 0.3) is 0 Å². The Morgan fingerprint density at radius 2 is 1.87 bits per heavy atom. The molecule has 0 N–H and O–H groups in total. The van der Waals surface area contributed by atoms with Crippen LogP contribution in [0.4, 0.5) is 0 Å². The second-order valence-corrected chi connectivity index (χ2v) is 15.1. The van der Waals surface area contributed by atoms with E-state index in [9.17, 15) is 4.79 Å². The van der Waals surface area contributed by atoms with Crippen LogP contribution in [0, 0.1) is 5.92 Å². The Morgan fingerprint density at radius 1 is 1.16 bits per heavy atom. The molecule has 2 fully saturated rings. The van der Waals surface area contributed by atoms with Gasteiger partial charge < -0.3 is 23.4 Å². The minimum absolute atomic E-state index is 0.0397. The summed E-state index contributed by atoms with van der Waals surface area (Å²) >= 11 is 0. The molecule has 4 rings (SSSR count). The molecule has 1 aromatic rings. The summed E-state index contributed by atoms with van der Waals surface area (Å²) in [7, 11) is -0.380. The Bertz CT molecular complexity index is 859. The van der Waals surface area contributed by atoms with E-state index in [-0.39, 0.29) is 35.5 Å². The first kappa shape index (κ1) is 22.4. The highest BCUT2D eigenvalue weighted by Crippen LogP contribution is 2.54. The molecule has 6 nitrogen and oxygen atoms in total. The third-order valence-electron chi connectivity index (χ3n) is 7.30. The molecular formula is C24H34O6Si. The van der Waals surface area contributed by atoms with E-state index < -0.39 is 19.9 Å². The number of esters is 1. The molecule has 7 heteroatoms. The van der Waals surface area contributed by atoms with Crippen LogP contribution in [0.5, 0.6) is 0 Å². The average Bonchev–Trinajstić information content (AvgIpc) is 3.40. The van der Waals surface area contributed by atoms with Crippen molar-refractivity contribution in [3.05, 3.63) is 47.4 Å². The summed E-state index contributed by atoms with van der Waals surface area (Å²) in [6.45, 7) is 11.9. The number of methoxy groups -OCH3 is 1. The third kappa shape index (κ3) is 4.15. The Morgan fingerprint density at radius 3 is 2.52 bits per heavy atom. The molecule has 0 amide bonds. The van der Waals surface area contributed by atoms with Gasteiger partial charge in [-0.2, -0.15) is 0 Å². The van der Waals surface area contributed by atoms with Gasteiger partial charge in [-0.3, -0.25) is 0 Å². The molecule has 1 saturated heterocycles. The fraction of sp³-hybridized carbons (Fsp3) is 0.625. The van der Waals surface area contributed by atoms with Crippen molar-refractivity contribution < 1.29 is 28.2 Å². The number of hydrogen-bond donors (Lipinski definition) is 0. The predicted octanol–water partition coefficient (Wildman–Crippen LogP) is 4.56. The van der Waals surface area contributed by atoms with Crippen molar-refractivity contribution in [2.75, 3.05) is 13.7 Å². The Labute approximate surface area is 186 Å². The first-order valence-electron chi connectivity index (χ1n) is 11.1. The zero-order valence-electron chi connectivity index (χ0n) is 19.4. The number of carbonyl (C=O) groups excluding carboxylic acids is 1. The van der Waals surface area contributed by atoms with Gasteiger partial charge in [-0.05, 0) is 30.1 Å². The van der Waals surface area contributed by atoms with Crippen molar-refractivity contribution >= 4 is 14.3 Å². The lowest BCUT2D eigenvalue weighted by Gasteiger charge is -2.42. The summed E-state index contributed by atoms with van der Waals surface area (Å²) in [6.07, 6.45) is 1.67. The van der Waals surface area contributed by atoms with Gasteiger partial charge >= 0.3 is 5.97 Å². The largest absolute Gasteiger partial charge is 0.493 e. The van der Waals surface area contributed by atoms with Crippen LogP contribution in [0.15, 0.2) is 41.9 Å². The van der Waals surface area contributed by atoms with Crippen molar-refractivity contribution in [3.8, 4) is 0 Å². The highest BCUT2D eigenvalue weighted by Gasteiger charge is 2.64. The quantitative estimate of drug-likeness (QED) is 0.348. The van der Waals surface area contributed by atoms with Gasteiger partial charge in [-0.15, -0.1) is 0 Å². The molecule has 1 aliphatic carbocycles. The number of epoxide rings is 1. The van der Waals surface area contributed by atoms with E-state index in [1.165, 1.54) is 0 Å². The molecular weight excluding hydrogens is 412 g/mol. The lowest BCUT2D eigenvalue weighted by Crippen LogP contribution is -2.50. The highest BCUT2D eigenvalue weighted by molar-refractivity contribution is 6.74. The van der Waals surface area contributed by atoms with Crippen LogP contribution in [-0.4, -0.2) is 45.8 Å². The molecule has 170 valence electrons. The van der Waals surface area contributed by atoms with Gasteiger partial charge in [-0.1, -0.05) is 51.1 Å². The van der Waals surface area contributed by atoms with E-state index in [2.05, 4.69) is 33.9 Å². The van der Waals surface area contributed by atoms with E-state index >= 15 is 0 Å². The summed E-state index contributed by atoms with van der Waals surface area (Å²) in [5, 5.41) is 0.101. The van der Waals surface area contributed by atoms with Crippen LogP contribution in [0.2, 0.25) is 18.1 Å². The number of hydrogen-bond acceptors (Lipinski definition) is 6. The molecule has 0 radical (unpaired) electrons. The normalized spacial score (nSPS) is 30.3. The lowest BCUT2D eigenvalue weighted by molar-refractivity contribution is -0.160. The van der Waals surface area contributed by atoms with Gasteiger partial charge in [0.1, 0.15) is 6.61 Å². The van der Waals surface area contributed by atoms with E-state index in [1.54, 1.807) is 7.11 Å². The standard InChI is InChI=1S/C24H34O6Si/c1-23(2,3)31(5,6)28-15-17-12-18-19(29-18)13-24(17)21(26-4)20(22(25)30-24)27-14-16-10-8-7-9-11-16/h7-11,17-19H,12-15H2,1-6H3/t17-,18+,19-,24-/m0/s1. The van der Waals surface area contributed by atoms with Crippen LogP contribution in [-0.2, 0) is 34.8 Å². The predicted molar refractivity (Wildman–Crippen MR) is 119 cm³/mol. The number of rotatable bonds is 7. The molecule has 1 spiro atoms. The maximum atomic E-state index is 12.9. The SMILES string of the molecule is COC1=C(OCc2ccccc2)C(=O)O[C@]12C[C@@H]1O[C@@H]1C[C@H]2CO[Si](C)(C)C(C)(C)C. The van der Waals surface area contributed by atoms with Gasteiger partial charge in [0, 0.05) is 18.9 Å². The first-order chi connectivity index (χ1) is 14.6. The van der Waals surface area contributed by atoms with E-state index in [4.69, 9.17) is 23.4 Å². The van der Waals surface area contributed by atoms with Gasteiger partial charge in [0.2, 0.25) is 5.76 Å². The third-order valence-corrected chi connectivity index (χ3v) is 11.8. The van der Waals surface area contributed by atoms with Gasteiger partial charge in [-0.25, -0.2) is 4.79 Å². The van der Waals surface area contributed by atoms with Crippen molar-refractivity contribution in [2.24, 2.45) is 5.92 Å². The summed E-state index contributed by atoms with van der Waals surface area (Å²) < 4.78 is 30.1. The fourth-order valence-corrected chi connectivity index (χ4v) is 5.35. The minimum Gasteiger partial charge on any atom is -0.493 e. The van der Waals surface area contributed by atoms with Gasteiger partial charge in [0.15, 0.2) is 19.7 Å². The monoisotopic (exact) mass is 446 g/mol. The maximum absolute atomic E-state index is 12.9. The Kier molecular flexibility index (Phi) is 5.73. The summed E-state index contributed by atoms with van der Waals surface area (Å²) in [5.41, 5.74) is 0.0870. The average molecular weight is 447 g/mol. The number of fused-ring (bicyclic) bond motifs is 1. The molecule has 3 aliphatic rings. The molecule has 2 aliphatic heterocycles. The number of benzene rings is 1. The number of ether oxygens (including phenoxy) is 4. The molecule has 0 bridgehead atoms. The zero-order valence-corrected chi connectivity index (χ0v) is 20.4. The van der Waals surface area contributed by atoms with Crippen LogP contribution < -0.4 is 0 Å². The minimum atomic E-state index is -1.96. The summed E-state index contributed by atoms with van der Waals surface area (Å²) in [5.74, 6) is 0.139. The van der Waals surface area contributed by atoms with Gasteiger partial charge in [0.25, 0.3) is 0 Å². The first-order valence-corrected chi connectivity index (χ1v) is 14.0. The Balaban J connectivity index is 1.58. The van der Waals surface area contributed by atoms with E-state index in [0.29, 0.717) is 18.8 Å². The van der Waals surface area contributed by atoms with Crippen molar-refractivity contribution in [1.82, 2.24) is 0 Å². The van der Waals surface area contributed by atoms with Crippen LogP contribution in [0.1, 0.15) is 39.2 Å². The topological polar surface area (TPSA) is 66.5 Å². The van der Waals surface area contributed by atoms with Crippen LogP contribution in [0.3, 0.4) is 0 Å². The smallest absolute Gasteiger partial charge is 0.378 e. The molecule has 2 heterocycles. The molecule has 1 aromatic carbocycles. The number of carbonyl (C=O) groups is 1. The van der Waals surface area contributed by atoms with Crippen molar-refractivity contribution in [3.63, 3.8) is 0 Å². The highest BCUT2D eigenvalue weighted by atomic mass is 28.4. The van der Waals surface area contributed by atoms with Crippen molar-refractivity contribution in [1.29, 1.82) is 0 Å². The molecule has 4 atom stereocenters. The fourth-order valence-electron chi connectivity index (χ4n) is 4.30.